The average Bonchev–Trinajstić information content (AvgIpc) is 2.32. The van der Waals surface area contributed by atoms with Crippen LogP contribution in [0.15, 0.2) is 6.20 Å². The molecule has 0 bridgehead atoms. The zero-order valence-corrected chi connectivity index (χ0v) is 6.68. The normalized spacial score (nSPS) is 11.3. The van der Waals surface area contributed by atoms with Crippen molar-refractivity contribution in [2.24, 2.45) is 0 Å². The maximum atomic E-state index is 12.0. The van der Waals surface area contributed by atoms with Gasteiger partial charge in [-0.2, -0.15) is 27.3 Å². The minimum atomic E-state index is -3.22. The van der Waals surface area contributed by atoms with Gasteiger partial charge in [0.05, 0.1) is 6.20 Å². The quantitative estimate of drug-likeness (QED) is 0.729. The Morgan fingerprint density at radius 2 is 2.00 bits per heavy atom. The maximum absolute atomic E-state index is 12.0. The first kappa shape index (κ1) is 10.1. The van der Waals surface area contributed by atoms with E-state index in [-0.39, 0.29) is 9.70 Å². The smallest absolute Gasteiger partial charge is 0.388 e. The van der Waals surface area contributed by atoms with Crippen LogP contribution in [-0.4, -0.2) is 16.4 Å². The predicted molar refractivity (Wildman–Crippen MR) is 35.1 cm³/mol. The molecule has 0 unspecified atom stereocenters. The molecule has 1 heterocycles. The fraction of sp³-hybridized carbons (Fsp3) is 0.400. The third-order valence-electron chi connectivity index (χ3n) is 1.09. The topological polar surface area (TPSA) is 27.1 Å². The second kappa shape index (κ2) is 3.82. The average molecular weight is 219 g/mol. The van der Waals surface area contributed by atoms with Gasteiger partial charge in [0, 0.05) is 0 Å². The Labute approximate surface area is 74.8 Å². The van der Waals surface area contributed by atoms with Crippen LogP contribution in [0.2, 0.25) is 5.02 Å². The second-order valence-corrected chi connectivity index (χ2v) is 2.31. The molecule has 0 saturated heterocycles. The predicted octanol–water partition coefficient (Wildman–Crippen LogP) is 2.53. The first-order chi connectivity index (χ1) is 6.02. The lowest BCUT2D eigenvalue weighted by Crippen LogP contribution is -2.09. The fourth-order valence-electron chi connectivity index (χ4n) is 0.664. The van der Waals surface area contributed by atoms with Crippen molar-refractivity contribution < 1.29 is 22.3 Å². The summed E-state index contributed by atoms with van der Waals surface area (Å²) in [6.07, 6.45) is 0.797. The molecule has 0 aliphatic rings. The zero-order valence-electron chi connectivity index (χ0n) is 5.92. The van der Waals surface area contributed by atoms with Crippen LogP contribution >= 0.6 is 11.6 Å². The van der Waals surface area contributed by atoms with Gasteiger partial charge in [-0.25, -0.2) is 0 Å². The molecule has 0 atom stereocenters. The molecule has 3 nitrogen and oxygen atoms in total. The molecule has 0 saturated carbocycles. The molecule has 0 spiro atoms. The summed E-state index contributed by atoms with van der Waals surface area (Å²) in [6, 6.07) is 0. The Morgan fingerprint density at radius 1 is 1.38 bits per heavy atom. The van der Waals surface area contributed by atoms with Crippen LogP contribution in [0.3, 0.4) is 0 Å². The summed E-state index contributed by atoms with van der Waals surface area (Å²) in [5.41, 5.74) is 0. The lowest BCUT2D eigenvalue weighted by atomic mass is 10.7. The summed E-state index contributed by atoms with van der Waals surface area (Å²) in [5, 5.41) is 2.66. The van der Waals surface area contributed by atoms with E-state index < -0.39 is 19.0 Å². The summed E-state index contributed by atoms with van der Waals surface area (Å²) in [4.78, 5) is 0. The lowest BCUT2D eigenvalue weighted by Gasteiger charge is -2.06. The Kier molecular flexibility index (Phi) is 2.97. The van der Waals surface area contributed by atoms with Crippen LogP contribution in [0, 0.1) is 0 Å². The van der Waals surface area contributed by atoms with E-state index in [1.54, 1.807) is 0 Å². The number of aromatic nitrogens is 2. The number of hydrogen-bond donors (Lipinski definition) is 0. The molecule has 0 aromatic carbocycles. The van der Waals surface area contributed by atoms with Gasteiger partial charge in [-0.15, -0.1) is 0 Å². The van der Waals surface area contributed by atoms with Crippen LogP contribution in [0.25, 0.3) is 0 Å². The first-order valence-electron chi connectivity index (χ1n) is 2.98. The van der Waals surface area contributed by atoms with Crippen molar-refractivity contribution in [2.45, 2.75) is 13.2 Å². The van der Waals surface area contributed by atoms with Gasteiger partial charge in [-0.3, -0.25) is 0 Å². The van der Waals surface area contributed by atoms with Crippen LogP contribution in [0.1, 0.15) is 6.55 Å². The van der Waals surface area contributed by atoms with Crippen molar-refractivity contribution in [3.63, 3.8) is 0 Å². The van der Waals surface area contributed by atoms with E-state index in [1.807, 2.05) is 0 Å². The van der Waals surface area contributed by atoms with Gasteiger partial charge < -0.3 is 4.74 Å². The molecule has 1 rings (SSSR count). The largest absolute Gasteiger partial charge is 0.415 e. The highest BCUT2D eigenvalue weighted by molar-refractivity contribution is 6.31. The third kappa shape index (κ3) is 2.24. The Morgan fingerprint density at radius 3 is 2.46 bits per heavy atom. The van der Waals surface area contributed by atoms with E-state index in [1.165, 1.54) is 0 Å². The van der Waals surface area contributed by atoms with Gasteiger partial charge in [-0.1, -0.05) is 11.6 Å². The molecule has 8 heteroatoms. The van der Waals surface area contributed by atoms with Crippen LogP contribution < -0.4 is 4.74 Å². The van der Waals surface area contributed by atoms with E-state index in [2.05, 4.69) is 9.84 Å². The number of halogens is 5. The van der Waals surface area contributed by atoms with Crippen molar-refractivity contribution in [1.29, 1.82) is 0 Å². The fourth-order valence-corrected chi connectivity index (χ4v) is 0.838. The third-order valence-corrected chi connectivity index (χ3v) is 1.35. The summed E-state index contributed by atoms with van der Waals surface area (Å²) in [7, 11) is 0. The van der Waals surface area contributed by atoms with E-state index in [4.69, 9.17) is 11.6 Å². The lowest BCUT2D eigenvalue weighted by molar-refractivity contribution is -0.0644. The number of alkyl halides is 4. The standard InChI is InChI=1S/C5H3ClF4N2O/c6-2-1-11-12(4(7)8)3(2)13-5(9)10/h1,4-5H. The SMILES string of the molecule is FC(F)Oc1c(Cl)cnn1C(F)F. The van der Waals surface area contributed by atoms with Crippen LogP contribution in [0.5, 0.6) is 5.88 Å². The number of rotatable bonds is 3. The zero-order chi connectivity index (χ0) is 10.0. The molecule has 1 aromatic rings. The van der Waals surface area contributed by atoms with E-state index in [0.29, 0.717) is 0 Å². The van der Waals surface area contributed by atoms with Gasteiger partial charge in [0.2, 0.25) is 5.88 Å². The van der Waals surface area contributed by atoms with E-state index >= 15 is 0 Å². The molecule has 0 aliphatic carbocycles. The summed E-state index contributed by atoms with van der Waals surface area (Å²) < 4.78 is 51.0. The highest BCUT2D eigenvalue weighted by atomic mass is 35.5. The summed E-state index contributed by atoms with van der Waals surface area (Å²) in [5.74, 6) is -0.841. The van der Waals surface area contributed by atoms with Crippen molar-refractivity contribution in [2.75, 3.05) is 0 Å². The molecule has 0 aliphatic heterocycles. The summed E-state index contributed by atoms with van der Waals surface area (Å²) >= 11 is 5.26. The second-order valence-electron chi connectivity index (χ2n) is 1.90. The van der Waals surface area contributed by atoms with Gasteiger partial charge >= 0.3 is 13.2 Å². The van der Waals surface area contributed by atoms with Gasteiger partial charge in [0.25, 0.3) is 0 Å². The van der Waals surface area contributed by atoms with E-state index in [9.17, 15) is 17.6 Å². The Balaban J connectivity index is 2.94. The maximum Gasteiger partial charge on any atom is 0.388 e. The van der Waals surface area contributed by atoms with Crippen molar-refractivity contribution in [3.05, 3.63) is 11.2 Å². The minimum Gasteiger partial charge on any atom is -0.415 e. The molecular formula is C5H3ClF4N2O. The van der Waals surface area contributed by atoms with Crippen LogP contribution in [-0.2, 0) is 0 Å². The number of hydrogen-bond acceptors (Lipinski definition) is 2. The van der Waals surface area contributed by atoms with E-state index in [0.717, 1.165) is 6.20 Å². The molecule has 0 amide bonds. The minimum absolute atomic E-state index is 0.0332. The monoisotopic (exact) mass is 218 g/mol. The van der Waals surface area contributed by atoms with Gasteiger partial charge in [-0.05, 0) is 0 Å². The Bertz CT molecular complexity index is 290. The summed E-state index contributed by atoms with van der Waals surface area (Å²) in [6.45, 7) is -6.28. The first-order valence-corrected chi connectivity index (χ1v) is 3.36. The van der Waals surface area contributed by atoms with Crippen molar-refractivity contribution in [3.8, 4) is 5.88 Å². The molecule has 13 heavy (non-hydrogen) atoms. The van der Waals surface area contributed by atoms with Crippen molar-refractivity contribution >= 4 is 11.6 Å². The molecule has 0 fully saturated rings. The molecule has 0 N–H and O–H groups in total. The van der Waals surface area contributed by atoms with Crippen molar-refractivity contribution in [1.82, 2.24) is 9.78 Å². The number of nitrogens with zero attached hydrogens (tertiary/aromatic N) is 2. The van der Waals surface area contributed by atoms with Gasteiger partial charge in [0.1, 0.15) is 5.02 Å². The number of ether oxygens (including phenoxy) is 1. The highest BCUT2D eigenvalue weighted by Crippen LogP contribution is 2.29. The van der Waals surface area contributed by atoms with Gasteiger partial charge in [0.15, 0.2) is 0 Å². The molecule has 1 aromatic heterocycles. The highest BCUT2D eigenvalue weighted by Gasteiger charge is 2.20. The molecular weight excluding hydrogens is 216 g/mol. The molecule has 74 valence electrons. The Hall–Kier alpha value is -0.980. The molecule has 0 radical (unpaired) electrons. The van der Waals surface area contributed by atoms with Crippen LogP contribution in [0.4, 0.5) is 17.6 Å².